The number of anilines is 1. The van der Waals surface area contributed by atoms with Gasteiger partial charge >= 0.3 is 12.4 Å². The van der Waals surface area contributed by atoms with Crippen LogP contribution in [0.3, 0.4) is 0 Å². The van der Waals surface area contributed by atoms with Crippen molar-refractivity contribution in [2.45, 2.75) is 12.4 Å². The van der Waals surface area contributed by atoms with Crippen molar-refractivity contribution in [3.8, 4) is 0 Å². The normalized spacial score (nSPS) is 12.6. The number of benzene rings is 1. The maximum absolute atomic E-state index is 12.8. The van der Waals surface area contributed by atoms with Crippen molar-refractivity contribution in [3.05, 3.63) is 29.8 Å². The molecule has 1 nitrogen and oxygen atoms in total. The van der Waals surface area contributed by atoms with Crippen LogP contribution in [-0.4, -0.2) is 24.6 Å². The van der Waals surface area contributed by atoms with Gasteiger partial charge in [0.25, 0.3) is 0 Å². The first kappa shape index (κ1) is 16.1. The molecule has 0 aliphatic heterocycles. The number of para-hydroxylation sites is 1. The van der Waals surface area contributed by atoms with Gasteiger partial charge in [0.2, 0.25) is 0 Å². The van der Waals surface area contributed by atoms with Crippen molar-refractivity contribution in [2.24, 2.45) is 0 Å². The summed E-state index contributed by atoms with van der Waals surface area (Å²) in [6.07, 6.45) is -9.26. The zero-order valence-electron chi connectivity index (χ0n) is 9.52. The summed E-state index contributed by atoms with van der Waals surface area (Å²) < 4.78 is 75.5. The molecule has 0 heterocycles. The van der Waals surface area contributed by atoms with Crippen LogP contribution >= 0.6 is 15.9 Å². The highest BCUT2D eigenvalue weighted by Crippen LogP contribution is 2.37. The van der Waals surface area contributed by atoms with Crippen LogP contribution in [0.4, 0.5) is 32.0 Å². The highest BCUT2D eigenvalue weighted by molar-refractivity contribution is 9.09. The van der Waals surface area contributed by atoms with E-state index in [9.17, 15) is 26.3 Å². The molecule has 0 N–H and O–H groups in total. The number of rotatable bonds is 4. The first-order valence-corrected chi connectivity index (χ1v) is 6.31. The molecule has 0 saturated heterocycles. The minimum atomic E-state index is -4.69. The van der Waals surface area contributed by atoms with Crippen LogP contribution in [0.5, 0.6) is 0 Å². The summed E-state index contributed by atoms with van der Waals surface area (Å²) in [5.41, 5.74) is -1.54. The van der Waals surface area contributed by atoms with Crippen LogP contribution in [0.15, 0.2) is 24.3 Å². The molecule has 0 bridgehead atoms. The minimum absolute atomic E-state index is 0.134. The van der Waals surface area contributed by atoms with Gasteiger partial charge in [0, 0.05) is 17.6 Å². The van der Waals surface area contributed by atoms with Crippen molar-refractivity contribution in [2.75, 3.05) is 23.3 Å². The molecule has 1 aromatic carbocycles. The molecule has 0 aliphatic rings. The van der Waals surface area contributed by atoms with Gasteiger partial charge < -0.3 is 4.90 Å². The minimum Gasteiger partial charge on any atom is -0.361 e. The summed E-state index contributed by atoms with van der Waals surface area (Å²) in [4.78, 5) is 0.664. The highest BCUT2D eigenvalue weighted by Gasteiger charge is 2.37. The predicted molar refractivity (Wildman–Crippen MR) is 63.5 cm³/mol. The van der Waals surface area contributed by atoms with Gasteiger partial charge in [-0.1, -0.05) is 28.1 Å². The fourth-order valence-corrected chi connectivity index (χ4v) is 2.02. The van der Waals surface area contributed by atoms with E-state index in [1.807, 2.05) is 0 Å². The van der Waals surface area contributed by atoms with Crippen molar-refractivity contribution >= 4 is 21.6 Å². The molecular formula is C11H10BrF6N. The predicted octanol–water partition coefficient (Wildman–Crippen LogP) is 4.47. The van der Waals surface area contributed by atoms with Crippen molar-refractivity contribution in [1.82, 2.24) is 0 Å². The van der Waals surface area contributed by atoms with Gasteiger partial charge in [0.15, 0.2) is 0 Å². The Morgan fingerprint density at radius 2 is 1.58 bits per heavy atom. The second-order valence-corrected chi connectivity index (χ2v) is 4.53. The molecule has 8 heteroatoms. The van der Waals surface area contributed by atoms with E-state index in [1.54, 1.807) is 0 Å². The molecule has 0 fully saturated rings. The van der Waals surface area contributed by atoms with Gasteiger partial charge in [-0.15, -0.1) is 0 Å². The molecule has 0 saturated carbocycles. The molecule has 0 aromatic heterocycles. The monoisotopic (exact) mass is 349 g/mol. The molecule has 108 valence electrons. The van der Waals surface area contributed by atoms with Crippen LogP contribution in [0, 0.1) is 0 Å². The Bertz CT molecular complexity index is 414. The lowest BCUT2D eigenvalue weighted by molar-refractivity contribution is -0.138. The SMILES string of the molecule is FC(F)(F)CN(CCBr)c1ccccc1C(F)(F)F. The lowest BCUT2D eigenvalue weighted by Crippen LogP contribution is -2.36. The van der Waals surface area contributed by atoms with E-state index < -0.39 is 30.1 Å². The molecule has 0 spiro atoms. The zero-order chi connectivity index (χ0) is 14.7. The van der Waals surface area contributed by atoms with E-state index in [1.165, 1.54) is 6.07 Å². The second-order valence-electron chi connectivity index (χ2n) is 3.74. The maximum atomic E-state index is 12.8. The Hall–Kier alpha value is -0.920. The first-order valence-electron chi connectivity index (χ1n) is 5.19. The number of alkyl halides is 7. The van der Waals surface area contributed by atoms with Crippen LogP contribution < -0.4 is 4.90 Å². The Kier molecular flexibility index (Phi) is 5.11. The Labute approximate surface area is 114 Å². The van der Waals surface area contributed by atoms with Gasteiger partial charge in [0.1, 0.15) is 6.54 Å². The topological polar surface area (TPSA) is 3.24 Å². The Balaban J connectivity index is 3.16. The number of nitrogens with zero attached hydrogens (tertiary/aromatic N) is 1. The smallest absolute Gasteiger partial charge is 0.361 e. The van der Waals surface area contributed by atoms with E-state index in [0.29, 0.717) is 4.90 Å². The summed E-state index contributed by atoms with van der Waals surface area (Å²) in [5, 5.41) is 0.134. The largest absolute Gasteiger partial charge is 0.418 e. The van der Waals surface area contributed by atoms with E-state index in [0.717, 1.165) is 18.2 Å². The van der Waals surface area contributed by atoms with E-state index >= 15 is 0 Å². The van der Waals surface area contributed by atoms with Crippen LogP contribution in [0.25, 0.3) is 0 Å². The average Bonchev–Trinajstić information content (AvgIpc) is 2.25. The average molecular weight is 350 g/mol. The molecule has 1 aromatic rings. The third kappa shape index (κ3) is 4.93. The lowest BCUT2D eigenvalue weighted by atomic mass is 10.1. The fraction of sp³-hybridized carbons (Fsp3) is 0.455. The van der Waals surface area contributed by atoms with E-state index in [-0.39, 0.29) is 11.9 Å². The van der Waals surface area contributed by atoms with Crippen LogP contribution in [0.1, 0.15) is 5.56 Å². The standard InChI is InChI=1S/C11H10BrF6N/c12-5-6-19(7-10(13,14)15)9-4-2-1-3-8(9)11(16,17)18/h1-4H,5-7H2. The number of halogens is 7. The van der Waals surface area contributed by atoms with Crippen LogP contribution in [-0.2, 0) is 6.18 Å². The molecular weight excluding hydrogens is 340 g/mol. The summed E-state index contributed by atoms with van der Waals surface area (Å²) in [5.74, 6) is 0. The van der Waals surface area contributed by atoms with Crippen molar-refractivity contribution in [1.29, 1.82) is 0 Å². The lowest BCUT2D eigenvalue weighted by Gasteiger charge is -2.27. The first-order chi connectivity index (χ1) is 8.65. The molecule has 0 aliphatic carbocycles. The van der Waals surface area contributed by atoms with Gasteiger partial charge in [-0.05, 0) is 12.1 Å². The van der Waals surface area contributed by atoms with Gasteiger partial charge in [-0.2, -0.15) is 26.3 Å². The summed E-state index contributed by atoms with van der Waals surface area (Å²) >= 11 is 2.94. The Morgan fingerprint density at radius 3 is 2.05 bits per heavy atom. The van der Waals surface area contributed by atoms with Gasteiger partial charge in [0.05, 0.1) is 5.56 Å². The molecule has 19 heavy (non-hydrogen) atoms. The third-order valence-electron chi connectivity index (χ3n) is 2.27. The highest BCUT2D eigenvalue weighted by atomic mass is 79.9. The number of hydrogen-bond donors (Lipinski definition) is 0. The quantitative estimate of drug-likeness (QED) is 0.572. The molecule has 0 unspecified atom stereocenters. The van der Waals surface area contributed by atoms with E-state index in [4.69, 9.17) is 0 Å². The Morgan fingerprint density at radius 1 is 1.00 bits per heavy atom. The summed E-state index contributed by atoms with van der Waals surface area (Å²) in [6, 6.07) is 4.23. The maximum Gasteiger partial charge on any atom is 0.418 e. The molecule has 0 radical (unpaired) electrons. The third-order valence-corrected chi connectivity index (χ3v) is 2.63. The second kappa shape index (κ2) is 6.02. The zero-order valence-corrected chi connectivity index (χ0v) is 11.1. The summed E-state index contributed by atoms with van der Waals surface area (Å²) in [6.45, 7) is -1.60. The van der Waals surface area contributed by atoms with Crippen molar-refractivity contribution < 1.29 is 26.3 Å². The van der Waals surface area contributed by atoms with Gasteiger partial charge in [-0.25, -0.2) is 0 Å². The number of hydrogen-bond acceptors (Lipinski definition) is 1. The molecule has 0 atom stereocenters. The van der Waals surface area contributed by atoms with Crippen LogP contribution in [0.2, 0.25) is 0 Å². The summed E-state index contributed by atoms with van der Waals surface area (Å²) in [7, 11) is 0. The van der Waals surface area contributed by atoms with Crippen molar-refractivity contribution in [3.63, 3.8) is 0 Å². The molecule has 0 amide bonds. The van der Waals surface area contributed by atoms with E-state index in [2.05, 4.69) is 15.9 Å². The van der Waals surface area contributed by atoms with Gasteiger partial charge in [-0.3, -0.25) is 0 Å². The molecule has 1 rings (SSSR count). The fourth-order valence-electron chi connectivity index (χ4n) is 1.59.